The molecule has 78 valence electrons. The van der Waals surface area contributed by atoms with Gasteiger partial charge in [0.1, 0.15) is 0 Å². The molecule has 1 rings (SSSR count). The Labute approximate surface area is 87.2 Å². The summed E-state index contributed by atoms with van der Waals surface area (Å²) in [4.78, 5) is 0. The second-order valence-electron chi connectivity index (χ2n) is 2.72. The van der Waals surface area contributed by atoms with Gasteiger partial charge in [-0.1, -0.05) is 15.9 Å². The van der Waals surface area contributed by atoms with E-state index in [2.05, 4.69) is 15.9 Å². The van der Waals surface area contributed by atoms with Gasteiger partial charge in [-0.15, -0.1) is 0 Å². The third kappa shape index (κ3) is 2.19. The van der Waals surface area contributed by atoms with Gasteiger partial charge >= 0.3 is 6.18 Å². The summed E-state index contributed by atoms with van der Waals surface area (Å²) >= 11 is 2.95. The van der Waals surface area contributed by atoms with E-state index in [4.69, 9.17) is 11.5 Å². The molecular formula is C8H8BrF3N2. The van der Waals surface area contributed by atoms with Crippen molar-refractivity contribution in [2.24, 2.45) is 5.73 Å². The zero-order valence-electron chi connectivity index (χ0n) is 7.03. The van der Waals surface area contributed by atoms with E-state index in [9.17, 15) is 13.2 Å². The Bertz CT molecular complexity index is 349. The Morgan fingerprint density at radius 2 is 1.86 bits per heavy atom. The van der Waals surface area contributed by atoms with Gasteiger partial charge in [-0.25, -0.2) is 0 Å². The van der Waals surface area contributed by atoms with Gasteiger partial charge in [-0.2, -0.15) is 13.2 Å². The van der Waals surface area contributed by atoms with Crippen molar-refractivity contribution >= 4 is 21.6 Å². The third-order valence-corrected chi connectivity index (χ3v) is 2.22. The van der Waals surface area contributed by atoms with Crippen molar-refractivity contribution in [3.05, 3.63) is 27.7 Å². The summed E-state index contributed by atoms with van der Waals surface area (Å²) in [6, 6.07) is 2.37. The monoisotopic (exact) mass is 268 g/mol. The number of nitrogen functional groups attached to an aromatic ring is 1. The number of hydrogen-bond donors (Lipinski definition) is 2. The number of halogens is 4. The van der Waals surface area contributed by atoms with E-state index in [1.807, 2.05) is 0 Å². The van der Waals surface area contributed by atoms with Crippen LogP contribution in [-0.4, -0.2) is 0 Å². The number of hydrogen-bond acceptors (Lipinski definition) is 2. The molecular weight excluding hydrogens is 261 g/mol. The second kappa shape index (κ2) is 3.78. The van der Waals surface area contributed by atoms with Crippen molar-refractivity contribution in [2.45, 2.75) is 12.7 Å². The fraction of sp³-hybridized carbons (Fsp3) is 0.250. The molecule has 14 heavy (non-hydrogen) atoms. The number of nitrogens with two attached hydrogens (primary N) is 2. The first-order valence-corrected chi connectivity index (χ1v) is 4.50. The van der Waals surface area contributed by atoms with E-state index in [-0.39, 0.29) is 17.8 Å². The molecule has 0 saturated heterocycles. The molecule has 0 aliphatic rings. The lowest BCUT2D eigenvalue weighted by Crippen LogP contribution is -2.14. The molecule has 1 aromatic carbocycles. The fourth-order valence-corrected chi connectivity index (χ4v) is 1.61. The highest BCUT2D eigenvalue weighted by atomic mass is 79.9. The van der Waals surface area contributed by atoms with Gasteiger partial charge in [-0.3, -0.25) is 0 Å². The normalized spacial score (nSPS) is 11.8. The largest absolute Gasteiger partial charge is 0.416 e. The Morgan fingerprint density at radius 3 is 2.29 bits per heavy atom. The average molecular weight is 269 g/mol. The molecule has 0 aromatic heterocycles. The quantitative estimate of drug-likeness (QED) is 0.769. The molecule has 0 atom stereocenters. The van der Waals surface area contributed by atoms with Crippen molar-refractivity contribution in [2.75, 3.05) is 5.73 Å². The van der Waals surface area contributed by atoms with Crippen molar-refractivity contribution < 1.29 is 13.2 Å². The molecule has 1 aromatic rings. The van der Waals surface area contributed by atoms with Crippen LogP contribution in [0, 0.1) is 0 Å². The molecule has 0 fully saturated rings. The molecule has 0 aliphatic heterocycles. The van der Waals surface area contributed by atoms with Gasteiger partial charge in [0.2, 0.25) is 0 Å². The molecule has 6 heteroatoms. The molecule has 0 amide bonds. The standard InChI is InChI=1S/C8H8BrF3N2/c9-4-1-6(8(10,11)12)5(3-13)7(14)2-4/h1-2H,3,13-14H2. The van der Waals surface area contributed by atoms with Crippen molar-refractivity contribution in [1.82, 2.24) is 0 Å². The Balaban J connectivity index is 3.40. The number of rotatable bonds is 1. The smallest absolute Gasteiger partial charge is 0.398 e. The number of alkyl halides is 3. The topological polar surface area (TPSA) is 52.0 Å². The predicted octanol–water partition coefficient (Wildman–Crippen LogP) is 2.51. The van der Waals surface area contributed by atoms with Crippen LogP contribution in [0.1, 0.15) is 11.1 Å². The highest BCUT2D eigenvalue weighted by Gasteiger charge is 2.34. The van der Waals surface area contributed by atoms with Crippen LogP contribution < -0.4 is 11.5 Å². The zero-order valence-corrected chi connectivity index (χ0v) is 8.61. The van der Waals surface area contributed by atoms with Crippen molar-refractivity contribution in [3.63, 3.8) is 0 Å². The van der Waals surface area contributed by atoms with E-state index >= 15 is 0 Å². The first kappa shape index (κ1) is 11.3. The van der Waals surface area contributed by atoms with Gasteiger partial charge in [0.05, 0.1) is 5.56 Å². The Kier molecular flexibility index (Phi) is 3.06. The van der Waals surface area contributed by atoms with Gasteiger partial charge in [0, 0.05) is 22.3 Å². The van der Waals surface area contributed by atoms with E-state index < -0.39 is 11.7 Å². The maximum absolute atomic E-state index is 12.5. The zero-order chi connectivity index (χ0) is 10.9. The van der Waals surface area contributed by atoms with E-state index in [0.29, 0.717) is 4.47 Å². The summed E-state index contributed by atoms with van der Waals surface area (Å²) in [7, 11) is 0. The molecule has 0 bridgehead atoms. The van der Waals surface area contributed by atoms with Crippen LogP contribution in [0.25, 0.3) is 0 Å². The van der Waals surface area contributed by atoms with Gasteiger partial charge in [0.25, 0.3) is 0 Å². The highest BCUT2D eigenvalue weighted by molar-refractivity contribution is 9.10. The molecule has 0 saturated carbocycles. The summed E-state index contributed by atoms with van der Waals surface area (Å²) in [6.07, 6.45) is -4.42. The molecule has 0 spiro atoms. The Hall–Kier alpha value is -0.750. The second-order valence-corrected chi connectivity index (χ2v) is 3.64. The first-order valence-electron chi connectivity index (χ1n) is 3.71. The summed E-state index contributed by atoms with van der Waals surface area (Å²) in [5.74, 6) is 0. The lowest BCUT2D eigenvalue weighted by Gasteiger charge is -2.14. The lowest BCUT2D eigenvalue weighted by atomic mass is 10.1. The Morgan fingerprint density at radius 1 is 1.29 bits per heavy atom. The molecule has 4 N–H and O–H groups in total. The molecule has 0 aliphatic carbocycles. The minimum Gasteiger partial charge on any atom is -0.398 e. The maximum Gasteiger partial charge on any atom is 0.416 e. The lowest BCUT2D eigenvalue weighted by molar-refractivity contribution is -0.138. The predicted molar refractivity (Wildman–Crippen MR) is 51.4 cm³/mol. The maximum atomic E-state index is 12.5. The molecule has 0 heterocycles. The van der Waals surface area contributed by atoms with Crippen LogP contribution in [0.3, 0.4) is 0 Å². The van der Waals surface area contributed by atoms with Gasteiger partial charge in [0.15, 0.2) is 0 Å². The van der Waals surface area contributed by atoms with Crippen LogP contribution in [0.5, 0.6) is 0 Å². The summed E-state index contributed by atoms with van der Waals surface area (Å²) in [6.45, 7) is -0.228. The summed E-state index contributed by atoms with van der Waals surface area (Å²) < 4.78 is 37.7. The third-order valence-electron chi connectivity index (χ3n) is 1.76. The van der Waals surface area contributed by atoms with Gasteiger partial charge in [-0.05, 0) is 12.1 Å². The minimum atomic E-state index is -4.42. The van der Waals surface area contributed by atoms with Crippen LogP contribution >= 0.6 is 15.9 Å². The SMILES string of the molecule is NCc1c(N)cc(Br)cc1C(F)(F)F. The highest BCUT2D eigenvalue weighted by Crippen LogP contribution is 2.36. The molecule has 2 nitrogen and oxygen atoms in total. The van der Waals surface area contributed by atoms with Crippen LogP contribution in [0.15, 0.2) is 16.6 Å². The van der Waals surface area contributed by atoms with E-state index in [1.54, 1.807) is 0 Å². The van der Waals surface area contributed by atoms with Crippen LogP contribution in [0.2, 0.25) is 0 Å². The fourth-order valence-electron chi connectivity index (χ4n) is 1.14. The summed E-state index contributed by atoms with van der Waals surface area (Å²) in [5, 5.41) is 0. The van der Waals surface area contributed by atoms with Crippen molar-refractivity contribution in [1.29, 1.82) is 0 Å². The summed E-state index contributed by atoms with van der Waals surface area (Å²) in [5.41, 5.74) is 9.82. The number of benzene rings is 1. The van der Waals surface area contributed by atoms with Gasteiger partial charge < -0.3 is 11.5 Å². The van der Waals surface area contributed by atoms with Crippen molar-refractivity contribution in [3.8, 4) is 0 Å². The molecule has 0 radical (unpaired) electrons. The average Bonchev–Trinajstić information content (AvgIpc) is 2.01. The number of anilines is 1. The first-order chi connectivity index (χ1) is 6.36. The van der Waals surface area contributed by atoms with Crippen LogP contribution in [-0.2, 0) is 12.7 Å². The van der Waals surface area contributed by atoms with E-state index in [1.165, 1.54) is 6.07 Å². The van der Waals surface area contributed by atoms with Crippen LogP contribution in [0.4, 0.5) is 18.9 Å². The minimum absolute atomic E-state index is 0.0502. The van der Waals surface area contributed by atoms with E-state index in [0.717, 1.165) is 6.07 Å². The molecule has 0 unspecified atom stereocenters.